The fraction of sp³-hybridized carbons (Fsp3) is 1.00. The molecule has 1 saturated heterocycles. The van der Waals surface area contributed by atoms with E-state index in [9.17, 15) is 5.11 Å². The molecule has 4 nitrogen and oxygen atoms in total. The lowest BCUT2D eigenvalue weighted by molar-refractivity contribution is -0.0360. The van der Waals surface area contributed by atoms with Crippen molar-refractivity contribution in [2.45, 2.75) is 37.5 Å². The molecule has 0 saturated carbocycles. The minimum absolute atomic E-state index is 0.0547. The average Bonchev–Trinajstić information content (AvgIpc) is 2.17. The molecule has 0 aromatic heterocycles. The van der Waals surface area contributed by atoms with E-state index < -0.39 is 12.2 Å². The Morgan fingerprint density at radius 1 is 1.33 bits per heavy atom. The summed E-state index contributed by atoms with van der Waals surface area (Å²) >= 11 is 0. The maximum atomic E-state index is 9.47. The van der Waals surface area contributed by atoms with Gasteiger partial charge in [-0.25, -0.2) is 0 Å². The van der Waals surface area contributed by atoms with Crippen LogP contribution in [0.1, 0.15) is 19.3 Å². The molecule has 0 spiro atoms. The van der Waals surface area contributed by atoms with Gasteiger partial charge < -0.3 is 20.6 Å². The third kappa shape index (κ3) is 2.42. The van der Waals surface area contributed by atoms with E-state index in [1.54, 1.807) is 0 Å². The summed E-state index contributed by atoms with van der Waals surface area (Å²) in [6.45, 7) is 0.513. The highest BCUT2D eigenvalue weighted by Crippen LogP contribution is 2.12. The molecule has 1 fully saturated rings. The number of rotatable bonds is 3. The van der Waals surface area contributed by atoms with Crippen LogP contribution < -0.4 is 5.32 Å². The van der Waals surface area contributed by atoms with Crippen molar-refractivity contribution in [3.63, 3.8) is 0 Å². The Morgan fingerprint density at radius 3 is 2.58 bits per heavy atom. The van der Waals surface area contributed by atoms with Crippen LogP contribution >= 0.6 is 0 Å². The predicted molar refractivity (Wildman–Crippen MR) is 44.7 cm³/mol. The minimum Gasteiger partial charge on any atom is -0.394 e. The first kappa shape index (κ1) is 9.92. The highest BCUT2D eigenvalue weighted by Gasteiger charge is 2.26. The van der Waals surface area contributed by atoms with Gasteiger partial charge in [0.15, 0.2) is 0 Å². The SMILES string of the molecule is OCC(O)C(O)C1CCCCN1. The van der Waals surface area contributed by atoms with Crippen LogP contribution in [-0.4, -0.2) is 46.7 Å². The number of hydrogen-bond donors (Lipinski definition) is 4. The van der Waals surface area contributed by atoms with E-state index in [4.69, 9.17) is 10.2 Å². The zero-order chi connectivity index (χ0) is 8.97. The zero-order valence-corrected chi connectivity index (χ0v) is 7.11. The molecule has 4 N–H and O–H groups in total. The van der Waals surface area contributed by atoms with E-state index in [1.807, 2.05) is 0 Å². The molecule has 0 radical (unpaired) electrons. The fourth-order valence-corrected chi connectivity index (χ4v) is 1.55. The second kappa shape index (κ2) is 4.77. The zero-order valence-electron chi connectivity index (χ0n) is 7.11. The van der Waals surface area contributed by atoms with Gasteiger partial charge in [-0.15, -0.1) is 0 Å². The van der Waals surface area contributed by atoms with Crippen molar-refractivity contribution >= 4 is 0 Å². The summed E-state index contributed by atoms with van der Waals surface area (Å²) in [6.07, 6.45) is 1.22. The molecular weight excluding hydrogens is 158 g/mol. The molecule has 72 valence electrons. The van der Waals surface area contributed by atoms with Crippen LogP contribution in [0.2, 0.25) is 0 Å². The minimum atomic E-state index is -1.01. The summed E-state index contributed by atoms with van der Waals surface area (Å²) in [5.74, 6) is 0. The smallest absolute Gasteiger partial charge is 0.104 e. The largest absolute Gasteiger partial charge is 0.394 e. The Bertz CT molecular complexity index is 125. The lowest BCUT2D eigenvalue weighted by Crippen LogP contribution is -2.49. The van der Waals surface area contributed by atoms with Gasteiger partial charge in [-0.1, -0.05) is 6.42 Å². The molecule has 0 aliphatic carbocycles. The maximum Gasteiger partial charge on any atom is 0.104 e. The van der Waals surface area contributed by atoms with Gasteiger partial charge in [0, 0.05) is 6.04 Å². The van der Waals surface area contributed by atoms with Crippen LogP contribution in [0.5, 0.6) is 0 Å². The Morgan fingerprint density at radius 2 is 2.08 bits per heavy atom. The molecule has 0 aromatic rings. The number of hydrogen-bond acceptors (Lipinski definition) is 4. The van der Waals surface area contributed by atoms with E-state index in [1.165, 1.54) is 0 Å². The van der Waals surface area contributed by atoms with Crippen LogP contribution in [0.25, 0.3) is 0 Å². The average molecular weight is 175 g/mol. The Labute approximate surface area is 72.2 Å². The van der Waals surface area contributed by atoms with Crippen molar-refractivity contribution in [2.24, 2.45) is 0 Å². The summed E-state index contributed by atoms with van der Waals surface area (Å²) < 4.78 is 0. The van der Waals surface area contributed by atoms with Gasteiger partial charge in [-0.05, 0) is 19.4 Å². The van der Waals surface area contributed by atoms with E-state index >= 15 is 0 Å². The Balaban J connectivity index is 2.33. The van der Waals surface area contributed by atoms with Crippen LogP contribution in [-0.2, 0) is 0 Å². The molecule has 4 heteroatoms. The number of nitrogens with one attached hydrogen (secondary N) is 1. The van der Waals surface area contributed by atoms with Crippen molar-refractivity contribution in [1.82, 2.24) is 5.32 Å². The Kier molecular flexibility index (Phi) is 3.94. The van der Waals surface area contributed by atoms with Gasteiger partial charge in [0.2, 0.25) is 0 Å². The Hall–Kier alpha value is -0.160. The van der Waals surface area contributed by atoms with Crippen LogP contribution in [0, 0.1) is 0 Å². The van der Waals surface area contributed by atoms with Crippen LogP contribution in [0.15, 0.2) is 0 Å². The third-order valence-corrected chi connectivity index (χ3v) is 2.34. The van der Waals surface area contributed by atoms with Crippen LogP contribution in [0.4, 0.5) is 0 Å². The molecule has 3 unspecified atom stereocenters. The van der Waals surface area contributed by atoms with E-state index in [0.717, 1.165) is 25.8 Å². The van der Waals surface area contributed by atoms with Crippen LogP contribution in [0.3, 0.4) is 0 Å². The highest BCUT2D eigenvalue weighted by atomic mass is 16.4. The van der Waals surface area contributed by atoms with Gasteiger partial charge in [0.1, 0.15) is 6.10 Å². The molecule has 1 aliphatic heterocycles. The highest BCUT2D eigenvalue weighted by molar-refractivity contribution is 4.83. The number of piperidine rings is 1. The molecule has 12 heavy (non-hydrogen) atoms. The van der Waals surface area contributed by atoms with E-state index in [0.29, 0.717) is 0 Å². The predicted octanol–water partition coefficient (Wildman–Crippen LogP) is -1.16. The van der Waals surface area contributed by atoms with E-state index in [2.05, 4.69) is 5.32 Å². The standard InChI is InChI=1S/C8H17NO3/c10-5-7(11)8(12)6-3-1-2-4-9-6/h6-12H,1-5H2. The fourth-order valence-electron chi connectivity index (χ4n) is 1.55. The first-order valence-corrected chi connectivity index (χ1v) is 4.46. The summed E-state index contributed by atoms with van der Waals surface area (Å²) in [6, 6.07) is -0.0547. The van der Waals surface area contributed by atoms with Crippen molar-refractivity contribution in [2.75, 3.05) is 13.2 Å². The normalized spacial score (nSPS) is 29.8. The lowest BCUT2D eigenvalue weighted by atomic mass is 9.97. The molecular formula is C8H17NO3. The second-order valence-corrected chi connectivity index (χ2v) is 3.30. The summed E-state index contributed by atoms with van der Waals surface area (Å²) in [4.78, 5) is 0. The van der Waals surface area contributed by atoms with Crippen molar-refractivity contribution in [1.29, 1.82) is 0 Å². The molecule has 3 atom stereocenters. The summed E-state index contributed by atoms with van der Waals surface area (Å²) in [5.41, 5.74) is 0. The summed E-state index contributed by atoms with van der Waals surface area (Å²) in [7, 11) is 0. The lowest BCUT2D eigenvalue weighted by Gasteiger charge is -2.30. The van der Waals surface area contributed by atoms with Gasteiger partial charge >= 0.3 is 0 Å². The molecule has 1 aliphatic rings. The first-order chi connectivity index (χ1) is 5.75. The van der Waals surface area contributed by atoms with Crippen molar-refractivity contribution < 1.29 is 15.3 Å². The topological polar surface area (TPSA) is 72.7 Å². The van der Waals surface area contributed by atoms with Gasteiger partial charge in [-0.2, -0.15) is 0 Å². The van der Waals surface area contributed by atoms with Crippen molar-refractivity contribution in [3.05, 3.63) is 0 Å². The molecule has 0 aromatic carbocycles. The quantitative estimate of drug-likeness (QED) is 0.437. The monoisotopic (exact) mass is 175 g/mol. The van der Waals surface area contributed by atoms with Gasteiger partial charge in [0.25, 0.3) is 0 Å². The number of aliphatic hydroxyl groups is 3. The van der Waals surface area contributed by atoms with Crippen molar-refractivity contribution in [3.8, 4) is 0 Å². The maximum absolute atomic E-state index is 9.47. The van der Waals surface area contributed by atoms with Gasteiger partial charge in [-0.3, -0.25) is 0 Å². The molecule has 1 rings (SSSR count). The molecule has 1 heterocycles. The number of aliphatic hydroxyl groups excluding tert-OH is 3. The molecule has 0 bridgehead atoms. The third-order valence-electron chi connectivity index (χ3n) is 2.34. The first-order valence-electron chi connectivity index (χ1n) is 4.46. The second-order valence-electron chi connectivity index (χ2n) is 3.30. The summed E-state index contributed by atoms with van der Waals surface area (Å²) in [5, 5.41) is 30.3. The van der Waals surface area contributed by atoms with E-state index in [-0.39, 0.29) is 12.6 Å². The van der Waals surface area contributed by atoms with Gasteiger partial charge in [0.05, 0.1) is 12.7 Å². The molecule has 0 amide bonds.